The van der Waals surface area contributed by atoms with E-state index in [2.05, 4.69) is 40.0 Å². The maximum atomic E-state index is 5.78. The first-order valence-corrected chi connectivity index (χ1v) is 12.0. The first-order chi connectivity index (χ1) is 12.6. The fraction of sp³-hybridized carbons (Fsp3) is 1.00. The van der Waals surface area contributed by atoms with E-state index in [4.69, 9.17) is 5.84 Å². The van der Waals surface area contributed by atoms with Gasteiger partial charge in [-0.25, -0.2) is 0 Å². The summed E-state index contributed by atoms with van der Waals surface area (Å²) in [5, 5.41) is 0. The van der Waals surface area contributed by atoms with Crippen LogP contribution >= 0.6 is 0 Å². The van der Waals surface area contributed by atoms with Crippen molar-refractivity contribution in [2.24, 2.45) is 29.0 Å². The van der Waals surface area contributed by atoms with Crippen molar-refractivity contribution in [2.45, 2.75) is 134 Å². The standard InChI is InChI=1S/C18H38N2.3C2H6/c1-6-10-15(7-2)18(5)12-11-14(13-18)16(8-3)17(9-4)20-19;3*1-2/h14-17,20H,6-13,19H2,1-5H3;3*1-2H3. The number of nitrogens with two attached hydrogens (primary N) is 1. The molecule has 1 aliphatic carbocycles. The molecular formula is C24H56N2. The van der Waals surface area contributed by atoms with Gasteiger partial charge in [0, 0.05) is 6.04 Å². The second kappa shape index (κ2) is 19.7. The maximum absolute atomic E-state index is 5.78. The third-order valence-electron chi connectivity index (χ3n) is 6.18. The lowest BCUT2D eigenvalue weighted by Gasteiger charge is -2.36. The molecule has 0 aliphatic heterocycles. The lowest BCUT2D eigenvalue weighted by atomic mass is 9.70. The zero-order valence-corrected chi connectivity index (χ0v) is 20.5. The highest BCUT2D eigenvalue weighted by Crippen LogP contribution is 2.52. The van der Waals surface area contributed by atoms with Gasteiger partial charge in [0.25, 0.3) is 0 Å². The van der Waals surface area contributed by atoms with Gasteiger partial charge in [-0.1, -0.05) is 102 Å². The van der Waals surface area contributed by atoms with Gasteiger partial charge in [0.05, 0.1) is 0 Å². The molecule has 0 aromatic rings. The molecule has 0 radical (unpaired) electrons. The number of nitrogens with one attached hydrogen (secondary N) is 1. The molecule has 0 aromatic carbocycles. The van der Waals surface area contributed by atoms with E-state index in [0.29, 0.717) is 11.5 Å². The van der Waals surface area contributed by atoms with Crippen LogP contribution in [0, 0.1) is 23.2 Å². The lowest BCUT2D eigenvalue weighted by molar-refractivity contribution is 0.148. The van der Waals surface area contributed by atoms with Crippen molar-refractivity contribution in [3.63, 3.8) is 0 Å². The molecule has 0 heterocycles. The first-order valence-electron chi connectivity index (χ1n) is 12.0. The fourth-order valence-electron chi connectivity index (χ4n) is 4.94. The molecule has 0 saturated heterocycles. The van der Waals surface area contributed by atoms with Crippen LogP contribution in [0.3, 0.4) is 0 Å². The van der Waals surface area contributed by atoms with E-state index < -0.39 is 0 Å². The summed E-state index contributed by atoms with van der Waals surface area (Å²) in [4.78, 5) is 0. The summed E-state index contributed by atoms with van der Waals surface area (Å²) in [6.07, 6.45) is 10.7. The summed E-state index contributed by atoms with van der Waals surface area (Å²) in [5.74, 6) is 8.32. The van der Waals surface area contributed by atoms with Crippen LogP contribution in [0.4, 0.5) is 0 Å². The van der Waals surface area contributed by atoms with E-state index in [1.165, 1.54) is 44.9 Å². The third kappa shape index (κ3) is 9.74. The van der Waals surface area contributed by atoms with Crippen LogP contribution < -0.4 is 11.3 Å². The normalized spacial score (nSPS) is 24.7. The molecule has 26 heavy (non-hydrogen) atoms. The molecule has 0 spiro atoms. The van der Waals surface area contributed by atoms with Crippen molar-refractivity contribution >= 4 is 0 Å². The average molecular weight is 373 g/mol. The van der Waals surface area contributed by atoms with Crippen molar-refractivity contribution in [1.82, 2.24) is 5.43 Å². The van der Waals surface area contributed by atoms with E-state index in [1.54, 1.807) is 0 Å². The quantitative estimate of drug-likeness (QED) is 0.318. The van der Waals surface area contributed by atoms with Crippen LogP contribution in [0.5, 0.6) is 0 Å². The Kier molecular flexibility index (Phi) is 23.2. The Hall–Kier alpha value is -0.0800. The van der Waals surface area contributed by atoms with Gasteiger partial charge in [0.2, 0.25) is 0 Å². The second-order valence-corrected chi connectivity index (χ2v) is 7.30. The van der Waals surface area contributed by atoms with Gasteiger partial charge in [-0.05, 0) is 48.9 Å². The summed E-state index contributed by atoms with van der Waals surface area (Å²) >= 11 is 0. The molecule has 0 amide bonds. The molecule has 0 bridgehead atoms. The highest BCUT2D eigenvalue weighted by atomic mass is 15.2. The topological polar surface area (TPSA) is 38.0 Å². The van der Waals surface area contributed by atoms with Crippen LogP contribution in [0.1, 0.15) is 128 Å². The monoisotopic (exact) mass is 372 g/mol. The highest BCUT2D eigenvalue weighted by molar-refractivity contribution is 4.94. The summed E-state index contributed by atoms with van der Waals surface area (Å²) in [7, 11) is 0. The maximum Gasteiger partial charge on any atom is 0.0238 e. The molecule has 2 nitrogen and oxygen atoms in total. The predicted molar refractivity (Wildman–Crippen MR) is 123 cm³/mol. The Labute approximate surface area is 168 Å². The number of rotatable bonds is 9. The Bertz CT molecular complexity index is 263. The molecule has 3 N–H and O–H groups in total. The molecule has 1 fully saturated rings. The molecular weight excluding hydrogens is 316 g/mol. The molecule has 1 rings (SSSR count). The van der Waals surface area contributed by atoms with Gasteiger partial charge in [-0.3, -0.25) is 11.3 Å². The van der Waals surface area contributed by atoms with Crippen LogP contribution in [0.15, 0.2) is 0 Å². The molecule has 5 atom stereocenters. The van der Waals surface area contributed by atoms with E-state index >= 15 is 0 Å². The fourth-order valence-corrected chi connectivity index (χ4v) is 4.94. The van der Waals surface area contributed by atoms with E-state index in [0.717, 1.165) is 24.2 Å². The summed E-state index contributed by atoms with van der Waals surface area (Å²) in [5.41, 5.74) is 3.65. The van der Waals surface area contributed by atoms with E-state index in [1.807, 2.05) is 41.5 Å². The Morgan fingerprint density at radius 1 is 0.923 bits per heavy atom. The number of hydrazine groups is 1. The van der Waals surface area contributed by atoms with Gasteiger partial charge < -0.3 is 0 Å². The first kappa shape index (κ1) is 30.6. The van der Waals surface area contributed by atoms with E-state index in [-0.39, 0.29) is 0 Å². The molecule has 5 unspecified atom stereocenters. The minimum atomic E-state index is 0.499. The van der Waals surface area contributed by atoms with Crippen molar-refractivity contribution < 1.29 is 0 Å². The van der Waals surface area contributed by atoms with Crippen LogP contribution in [-0.4, -0.2) is 6.04 Å². The summed E-state index contributed by atoms with van der Waals surface area (Å²) in [6.45, 7) is 23.9. The molecule has 0 aromatic heterocycles. The second-order valence-electron chi connectivity index (χ2n) is 7.30. The van der Waals surface area contributed by atoms with Crippen molar-refractivity contribution in [2.75, 3.05) is 0 Å². The average Bonchev–Trinajstić information content (AvgIpc) is 3.11. The third-order valence-corrected chi connectivity index (χ3v) is 6.18. The Morgan fingerprint density at radius 3 is 1.81 bits per heavy atom. The smallest absolute Gasteiger partial charge is 0.0238 e. The zero-order valence-electron chi connectivity index (χ0n) is 20.5. The Balaban J connectivity index is -0.000000795. The number of hydrogen-bond donors (Lipinski definition) is 2. The predicted octanol–water partition coefficient (Wildman–Crippen LogP) is 7.97. The van der Waals surface area contributed by atoms with E-state index in [9.17, 15) is 0 Å². The lowest BCUT2D eigenvalue weighted by Crippen LogP contribution is -2.43. The summed E-state index contributed by atoms with van der Waals surface area (Å²) in [6, 6.07) is 0.499. The van der Waals surface area contributed by atoms with Crippen LogP contribution in [0.25, 0.3) is 0 Å². The SMILES string of the molecule is CC.CC.CC.CCCC(CC)C1(C)CCC(C(CC)C(CC)NN)C1. The molecule has 2 heteroatoms. The highest BCUT2D eigenvalue weighted by Gasteiger charge is 2.43. The minimum Gasteiger partial charge on any atom is -0.271 e. The Morgan fingerprint density at radius 2 is 1.46 bits per heavy atom. The molecule has 1 aliphatic rings. The zero-order chi connectivity index (χ0) is 21.2. The minimum absolute atomic E-state index is 0.499. The largest absolute Gasteiger partial charge is 0.271 e. The van der Waals surface area contributed by atoms with Crippen molar-refractivity contribution in [3.05, 3.63) is 0 Å². The van der Waals surface area contributed by atoms with Gasteiger partial charge in [-0.2, -0.15) is 0 Å². The van der Waals surface area contributed by atoms with Crippen molar-refractivity contribution in [3.8, 4) is 0 Å². The molecule has 1 saturated carbocycles. The van der Waals surface area contributed by atoms with Gasteiger partial charge in [0.1, 0.15) is 0 Å². The van der Waals surface area contributed by atoms with Crippen LogP contribution in [-0.2, 0) is 0 Å². The number of hydrogen-bond acceptors (Lipinski definition) is 2. The van der Waals surface area contributed by atoms with Crippen LogP contribution in [0.2, 0.25) is 0 Å². The molecule has 162 valence electrons. The van der Waals surface area contributed by atoms with Gasteiger partial charge in [0.15, 0.2) is 0 Å². The van der Waals surface area contributed by atoms with Gasteiger partial charge >= 0.3 is 0 Å². The summed E-state index contributed by atoms with van der Waals surface area (Å²) < 4.78 is 0. The van der Waals surface area contributed by atoms with Gasteiger partial charge in [-0.15, -0.1) is 0 Å². The van der Waals surface area contributed by atoms with Crippen molar-refractivity contribution in [1.29, 1.82) is 0 Å².